The average molecular weight is 205 g/mol. The van der Waals surface area contributed by atoms with Crippen molar-refractivity contribution in [3.8, 4) is 11.5 Å². The third-order valence-electron chi connectivity index (χ3n) is 2.05. The Morgan fingerprint density at radius 1 is 1.40 bits per heavy atom. The molecule has 0 saturated carbocycles. The number of rotatable bonds is 2. The van der Waals surface area contributed by atoms with Gasteiger partial charge in [0, 0.05) is 18.2 Å². The van der Waals surface area contributed by atoms with Gasteiger partial charge in [-0.15, -0.1) is 0 Å². The first-order chi connectivity index (χ1) is 7.16. The Hall–Kier alpha value is -1.97. The number of carbonyl (C=O) groups excluding carboxylic acids is 1. The maximum atomic E-state index is 10.8. The number of hydrogen-bond acceptors (Lipinski definition) is 3. The molecule has 0 radical (unpaired) electrons. The van der Waals surface area contributed by atoms with Gasteiger partial charge in [-0.05, 0) is 18.2 Å². The molecule has 0 atom stereocenters. The normalized spacial score (nSPS) is 12.3. The lowest BCUT2D eigenvalue weighted by atomic mass is 10.1. The summed E-state index contributed by atoms with van der Waals surface area (Å²) < 4.78 is 10.4. The van der Waals surface area contributed by atoms with Crippen LogP contribution in [0.3, 0.4) is 0 Å². The molecule has 4 heteroatoms. The van der Waals surface area contributed by atoms with Gasteiger partial charge in [0.2, 0.25) is 12.7 Å². The van der Waals surface area contributed by atoms with E-state index in [2.05, 4.69) is 11.9 Å². The van der Waals surface area contributed by atoms with Crippen LogP contribution in [-0.4, -0.2) is 12.7 Å². The molecule has 0 bridgehead atoms. The minimum atomic E-state index is -0.141. The highest BCUT2D eigenvalue weighted by Crippen LogP contribution is 2.33. The second-order valence-corrected chi connectivity index (χ2v) is 3.23. The Morgan fingerprint density at radius 2 is 2.13 bits per heavy atom. The van der Waals surface area contributed by atoms with Crippen LogP contribution in [0.4, 0.5) is 0 Å². The van der Waals surface area contributed by atoms with Crippen molar-refractivity contribution in [2.75, 3.05) is 6.79 Å². The van der Waals surface area contributed by atoms with Crippen molar-refractivity contribution in [2.45, 2.75) is 6.92 Å². The third kappa shape index (κ3) is 1.93. The molecular weight excluding hydrogens is 194 g/mol. The van der Waals surface area contributed by atoms with Gasteiger partial charge in [0.25, 0.3) is 0 Å². The molecule has 0 unspecified atom stereocenters. The van der Waals surface area contributed by atoms with Gasteiger partial charge in [-0.2, -0.15) is 0 Å². The van der Waals surface area contributed by atoms with E-state index in [4.69, 9.17) is 9.47 Å². The van der Waals surface area contributed by atoms with E-state index >= 15 is 0 Å². The molecule has 78 valence electrons. The van der Waals surface area contributed by atoms with Gasteiger partial charge in [-0.25, -0.2) is 0 Å². The maximum Gasteiger partial charge on any atom is 0.231 e. The summed E-state index contributed by atoms with van der Waals surface area (Å²) in [5, 5.41) is 2.62. The van der Waals surface area contributed by atoms with Crippen molar-refractivity contribution >= 4 is 11.6 Å². The summed E-state index contributed by atoms with van der Waals surface area (Å²) in [6.07, 6.45) is 0. The molecule has 0 aromatic heterocycles. The summed E-state index contributed by atoms with van der Waals surface area (Å²) in [5.74, 6) is 1.26. The van der Waals surface area contributed by atoms with Crippen LogP contribution in [-0.2, 0) is 4.79 Å². The van der Waals surface area contributed by atoms with Crippen molar-refractivity contribution in [2.24, 2.45) is 0 Å². The minimum absolute atomic E-state index is 0.141. The van der Waals surface area contributed by atoms with E-state index in [1.54, 1.807) is 12.1 Å². The molecule has 4 nitrogen and oxygen atoms in total. The van der Waals surface area contributed by atoms with E-state index in [1.165, 1.54) is 6.92 Å². The fourth-order valence-corrected chi connectivity index (χ4v) is 1.37. The highest BCUT2D eigenvalue weighted by atomic mass is 16.7. The Labute approximate surface area is 87.5 Å². The van der Waals surface area contributed by atoms with E-state index in [1.807, 2.05) is 6.07 Å². The van der Waals surface area contributed by atoms with Gasteiger partial charge in [-0.1, -0.05) is 6.58 Å². The van der Waals surface area contributed by atoms with E-state index in [0.29, 0.717) is 11.4 Å². The number of ether oxygens (including phenoxy) is 2. The summed E-state index contributed by atoms with van der Waals surface area (Å²) in [7, 11) is 0. The van der Waals surface area contributed by atoms with Crippen LogP contribution in [0.25, 0.3) is 5.70 Å². The summed E-state index contributed by atoms with van der Waals surface area (Å²) in [6.45, 7) is 5.45. The van der Waals surface area contributed by atoms with Crippen LogP contribution in [0.15, 0.2) is 24.8 Å². The predicted octanol–water partition coefficient (Wildman–Crippen LogP) is 1.52. The van der Waals surface area contributed by atoms with Crippen LogP contribution in [0, 0.1) is 0 Å². The van der Waals surface area contributed by atoms with Crippen LogP contribution in [0.1, 0.15) is 12.5 Å². The Balaban J connectivity index is 2.23. The van der Waals surface area contributed by atoms with E-state index in [9.17, 15) is 4.79 Å². The lowest BCUT2D eigenvalue weighted by Gasteiger charge is -2.06. The van der Waals surface area contributed by atoms with Gasteiger partial charge >= 0.3 is 0 Å². The van der Waals surface area contributed by atoms with Crippen LogP contribution in [0.2, 0.25) is 0 Å². The Morgan fingerprint density at radius 3 is 2.87 bits per heavy atom. The van der Waals surface area contributed by atoms with Gasteiger partial charge in [-0.3, -0.25) is 4.79 Å². The summed E-state index contributed by atoms with van der Waals surface area (Å²) in [5.41, 5.74) is 1.37. The van der Waals surface area contributed by atoms with Gasteiger partial charge in [0.05, 0.1) is 0 Å². The van der Waals surface area contributed by atoms with Crippen LogP contribution in [0.5, 0.6) is 11.5 Å². The first kappa shape index (κ1) is 9.58. The zero-order valence-corrected chi connectivity index (χ0v) is 8.37. The first-order valence-electron chi connectivity index (χ1n) is 4.53. The van der Waals surface area contributed by atoms with E-state index in [0.717, 1.165) is 11.3 Å². The number of nitrogens with one attached hydrogen (secondary N) is 1. The standard InChI is InChI=1S/C11H11NO3/c1-7(12-8(2)13)9-3-4-10-11(5-9)15-6-14-10/h3-5H,1,6H2,2H3,(H,12,13). The second kappa shape index (κ2) is 3.65. The lowest BCUT2D eigenvalue weighted by molar-refractivity contribution is -0.117. The molecule has 2 rings (SSSR count). The average Bonchev–Trinajstić information content (AvgIpc) is 2.62. The van der Waals surface area contributed by atoms with Crippen molar-refractivity contribution in [3.05, 3.63) is 30.3 Å². The van der Waals surface area contributed by atoms with Crippen molar-refractivity contribution in [1.29, 1.82) is 0 Å². The molecule has 1 heterocycles. The summed E-state index contributed by atoms with van der Waals surface area (Å²) in [4.78, 5) is 10.8. The van der Waals surface area contributed by atoms with E-state index in [-0.39, 0.29) is 12.7 Å². The molecule has 0 saturated heterocycles. The molecule has 1 amide bonds. The quantitative estimate of drug-likeness (QED) is 0.796. The fourth-order valence-electron chi connectivity index (χ4n) is 1.37. The van der Waals surface area contributed by atoms with Crippen molar-refractivity contribution in [1.82, 2.24) is 5.32 Å². The van der Waals surface area contributed by atoms with Gasteiger partial charge in [0.15, 0.2) is 11.5 Å². The number of benzene rings is 1. The number of hydrogen-bond donors (Lipinski definition) is 1. The van der Waals surface area contributed by atoms with Gasteiger partial charge < -0.3 is 14.8 Å². The molecule has 1 aliphatic rings. The SMILES string of the molecule is C=C(NC(C)=O)c1ccc2c(c1)OCO2. The van der Waals surface area contributed by atoms with Crippen molar-refractivity contribution in [3.63, 3.8) is 0 Å². The summed E-state index contributed by atoms with van der Waals surface area (Å²) in [6, 6.07) is 5.41. The highest BCUT2D eigenvalue weighted by Gasteiger charge is 2.14. The minimum Gasteiger partial charge on any atom is -0.454 e. The molecule has 1 aromatic carbocycles. The molecule has 0 spiro atoms. The maximum absolute atomic E-state index is 10.8. The zero-order valence-electron chi connectivity index (χ0n) is 8.37. The van der Waals surface area contributed by atoms with Crippen LogP contribution < -0.4 is 14.8 Å². The van der Waals surface area contributed by atoms with E-state index < -0.39 is 0 Å². The molecule has 0 aliphatic carbocycles. The predicted molar refractivity (Wildman–Crippen MR) is 55.4 cm³/mol. The summed E-state index contributed by atoms with van der Waals surface area (Å²) >= 11 is 0. The molecular formula is C11H11NO3. The molecule has 15 heavy (non-hydrogen) atoms. The topological polar surface area (TPSA) is 47.6 Å². The number of carbonyl (C=O) groups is 1. The van der Waals surface area contributed by atoms with Crippen LogP contribution >= 0.6 is 0 Å². The number of fused-ring (bicyclic) bond motifs is 1. The molecule has 1 aromatic rings. The Kier molecular flexibility index (Phi) is 2.33. The molecule has 1 N–H and O–H groups in total. The largest absolute Gasteiger partial charge is 0.454 e. The molecule has 0 fully saturated rings. The third-order valence-corrected chi connectivity index (χ3v) is 2.05. The monoisotopic (exact) mass is 205 g/mol. The lowest BCUT2D eigenvalue weighted by Crippen LogP contribution is -2.17. The zero-order chi connectivity index (χ0) is 10.8. The Bertz CT molecular complexity index is 426. The fraction of sp³-hybridized carbons (Fsp3) is 0.182. The second-order valence-electron chi connectivity index (χ2n) is 3.23. The number of amides is 1. The first-order valence-corrected chi connectivity index (χ1v) is 4.53. The smallest absolute Gasteiger partial charge is 0.231 e. The highest BCUT2D eigenvalue weighted by molar-refractivity contribution is 5.84. The van der Waals surface area contributed by atoms with Crippen molar-refractivity contribution < 1.29 is 14.3 Å². The molecule has 1 aliphatic heterocycles. The van der Waals surface area contributed by atoms with Gasteiger partial charge in [0.1, 0.15) is 0 Å².